The summed E-state index contributed by atoms with van der Waals surface area (Å²) in [4.78, 5) is 11.5. The standard InChI is InChI=1S/C16H26N2O2/c1-13(2)15(19)10-12-18-16(20)17-11-6-9-14-7-4-3-5-8-14/h3-5,7-8,13,15,19H,6,9-12H2,1-2H3,(H2,17,18,20). The zero-order valence-electron chi connectivity index (χ0n) is 12.4. The molecular weight excluding hydrogens is 252 g/mol. The van der Waals surface area contributed by atoms with Gasteiger partial charge in [-0.1, -0.05) is 44.2 Å². The second-order valence-electron chi connectivity index (χ2n) is 5.37. The molecule has 1 aromatic rings. The SMILES string of the molecule is CC(C)C(O)CCNC(=O)NCCCc1ccccc1. The molecule has 1 rings (SSSR count). The van der Waals surface area contributed by atoms with E-state index in [1.807, 2.05) is 32.0 Å². The van der Waals surface area contributed by atoms with Crippen LogP contribution in [-0.2, 0) is 6.42 Å². The van der Waals surface area contributed by atoms with E-state index in [1.165, 1.54) is 5.56 Å². The zero-order chi connectivity index (χ0) is 14.8. The van der Waals surface area contributed by atoms with Crippen LogP contribution in [0.1, 0.15) is 32.3 Å². The van der Waals surface area contributed by atoms with E-state index >= 15 is 0 Å². The molecule has 0 aliphatic heterocycles. The van der Waals surface area contributed by atoms with E-state index in [9.17, 15) is 9.90 Å². The Kier molecular flexibility index (Phi) is 7.73. The van der Waals surface area contributed by atoms with E-state index in [1.54, 1.807) is 0 Å². The van der Waals surface area contributed by atoms with Crippen LogP contribution < -0.4 is 10.6 Å². The number of aliphatic hydroxyl groups is 1. The third-order valence-electron chi connectivity index (χ3n) is 3.27. The van der Waals surface area contributed by atoms with Crippen LogP contribution >= 0.6 is 0 Å². The van der Waals surface area contributed by atoms with Gasteiger partial charge in [0, 0.05) is 13.1 Å². The Morgan fingerprint density at radius 1 is 1.15 bits per heavy atom. The van der Waals surface area contributed by atoms with Crippen LogP contribution in [0.2, 0.25) is 0 Å². The molecule has 0 aliphatic rings. The topological polar surface area (TPSA) is 61.4 Å². The van der Waals surface area contributed by atoms with Crippen molar-refractivity contribution in [2.75, 3.05) is 13.1 Å². The summed E-state index contributed by atoms with van der Waals surface area (Å²) >= 11 is 0. The molecule has 112 valence electrons. The van der Waals surface area contributed by atoms with Crippen molar-refractivity contribution in [2.24, 2.45) is 5.92 Å². The lowest BCUT2D eigenvalue weighted by atomic mass is 10.0. The highest BCUT2D eigenvalue weighted by Crippen LogP contribution is 2.04. The van der Waals surface area contributed by atoms with Crippen molar-refractivity contribution in [2.45, 2.75) is 39.2 Å². The van der Waals surface area contributed by atoms with Gasteiger partial charge in [0.15, 0.2) is 0 Å². The summed E-state index contributed by atoms with van der Waals surface area (Å²) in [5, 5.41) is 15.2. The molecule has 0 aromatic heterocycles. The summed E-state index contributed by atoms with van der Waals surface area (Å²) in [6, 6.07) is 10.1. The first-order valence-electron chi connectivity index (χ1n) is 7.33. The highest BCUT2D eigenvalue weighted by atomic mass is 16.3. The molecule has 0 saturated carbocycles. The van der Waals surface area contributed by atoms with Gasteiger partial charge in [0.2, 0.25) is 0 Å². The monoisotopic (exact) mass is 278 g/mol. The van der Waals surface area contributed by atoms with Gasteiger partial charge in [-0.2, -0.15) is 0 Å². The number of aryl methyl sites for hydroxylation is 1. The number of urea groups is 1. The highest BCUT2D eigenvalue weighted by molar-refractivity contribution is 5.73. The first-order valence-corrected chi connectivity index (χ1v) is 7.33. The Balaban J connectivity index is 2.03. The van der Waals surface area contributed by atoms with Gasteiger partial charge in [0.05, 0.1) is 6.10 Å². The van der Waals surface area contributed by atoms with Crippen LogP contribution in [0.3, 0.4) is 0 Å². The predicted octanol–water partition coefficient (Wildman–Crippen LogP) is 2.33. The number of carbonyl (C=O) groups excluding carboxylic acids is 1. The van der Waals surface area contributed by atoms with E-state index in [0.29, 0.717) is 19.5 Å². The zero-order valence-corrected chi connectivity index (χ0v) is 12.4. The summed E-state index contributed by atoms with van der Waals surface area (Å²) in [6.07, 6.45) is 2.13. The lowest BCUT2D eigenvalue weighted by Crippen LogP contribution is -2.37. The van der Waals surface area contributed by atoms with Gasteiger partial charge < -0.3 is 15.7 Å². The molecular formula is C16H26N2O2. The van der Waals surface area contributed by atoms with Gasteiger partial charge in [-0.25, -0.2) is 4.79 Å². The number of aliphatic hydroxyl groups excluding tert-OH is 1. The minimum Gasteiger partial charge on any atom is -0.393 e. The van der Waals surface area contributed by atoms with Crippen molar-refractivity contribution in [1.29, 1.82) is 0 Å². The van der Waals surface area contributed by atoms with Gasteiger partial charge in [-0.15, -0.1) is 0 Å². The normalized spacial score (nSPS) is 12.2. The predicted molar refractivity (Wildman–Crippen MR) is 81.6 cm³/mol. The van der Waals surface area contributed by atoms with Crippen molar-refractivity contribution in [3.8, 4) is 0 Å². The fourth-order valence-corrected chi connectivity index (χ4v) is 1.87. The van der Waals surface area contributed by atoms with Crippen LogP contribution in [0, 0.1) is 5.92 Å². The average Bonchev–Trinajstić information content (AvgIpc) is 2.44. The molecule has 0 spiro atoms. The van der Waals surface area contributed by atoms with Gasteiger partial charge in [-0.3, -0.25) is 0 Å². The first-order chi connectivity index (χ1) is 9.59. The number of hydrogen-bond acceptors (Lipinski definition) is 2. The number of rotatable bonds is 8. The Bertz CT molecular complexity index is 379. The summed E-state index contributed by atoms with van der Waals surface area (Å²) in [6.45, 7) is 5.10. The van der Waals surface area contributed by atoms with Crippen molar-refractivity contribution in [3.63, 3.8) is 0 Å². The largest absolute Gasteiger partial charge is 0.393 e. The van der Waals surface area contributed by atoms with Crippen LogP contribution in [0.5, 0.6) is 0 Å². The summed E-state index contributed by atoms with van der Waals surface area (Å²) in [7, 11) is 0. The maximum absolute atomic E-state index is 11.5. The Morgan fingerprint density at radius 3 is 2.45 bits per heavy atom. The van der Waals surface area contributed by atoms with E-state index < -0.39 is 0 Å². The van der Waals surface area contributed by atoms with Crippen molar-refractivity contribution < 1.29 is 9.90 Å². The molecule has 1 unspecified atom stereocenters. The molecule has 4 heteroatoms. The number of benzene rings is 1. The smallest absolute Gasteiger partial charge is 0.314 e. The molecule has 0 radical (unpaired) electrons. The molecule has 0 aliphatic carbocycles. The maximum Gasteiger partial charge on any atom is 0.314 e. The number of hydrogen-bond donors (Lipinski definition) is 3. The highest BCUT2D eigenvalue weighted by Gasteiger charge is 2.09. The fourth-order valence-electron chi connectivity index (χ4n) is 1.87. The van der Waals surface area contributed by atoms with E-state index in [2.05, 4.69) is 22.8 Å². The molecule has 2 amide bonds. The third kappa shape index (κ3) is 7.14. The van der Waals surface area contributed by atoms with Gasteiger partial charge in [0.25, 0.3) is 0 Å². The maximum atomic E-state index is 11.5. The molecule has 0 heterocycles. The number of nitrogens with one attached hydrogen (secondary N) is 2. The van der Waals surface area contributed by atoms with Crippen molar-refractivity contribution >= 4 is 6.03 Å². The molecule has 1 aromatic carbocycles. The third-order valence-corrected chi connectivity index (χ3v) is 3.27. The minimum absolute atomic E-state index is 0.158. The van der Waals surface area contributed by atoms with E-state index in [-0.39, 0.29) is 18.1 Å². The van der Waals surface area contributed by atoms with Crippen LogP contribution in [-0.4, -0.2) is 30.3 Å². The Labute approximate surface area is 121 Å². The fraction of sp³-hybridized carbons (Fsp3) is 0.562. The van der Waals surface area contributed by atoms with Gasteiger partial charge in [0.1, 0.15) is 0 Å². The Hall–Kier alpha value is -1.55. The minimum atomic E-state index is -0.353. The second kappa shape index (κ2) is 9.37. The van der Waals surface area contributed by atoms with Crippen LogP contribution in [0.4, 0.5) is 4.79 Å². The van der Waals surface area contributed by atoms with Crippen molar-refractivity contribution in [3.05, 3.63) is 35.9 Å². The first kappa shape index (κ1) is 16.5. The summed E-state index contributed by atoms with van der Waals surface area (Å²) in [5.74, 6) is 0.228. The molecule has 0 saturated heterocycles. The van der Waals surface area contributed by atoms with Gasteiger partial charge >= 0.3 is 6.03 Å². The molecule has 20 heavy (non-hydrogen) atoms. The molecule has 3 N–H and O–H groups in total. The average molecular weight is 278 g/mol. The van der Waals surface area contributed by atoms with Crippen LogP contribution in [0.25, 0.3) is 0 Å². The molecule has 1 atom stereocenters. The van der Waals surface area contributed by atoms with E-state index in [4.69, 9.17) is 0 Å². The summed E-state index contributed by atoms with van der Waals surface area (Å²) in [5.41, 5.74) is 1.29. The molecule has 0 bridgehead atoms. The van der Waals surface area contributed by atoms with E-state index in [0.717, 1.165) is 12.8 Å². The lowest BCUT2D eigenvalue weighted by Gasteiger charge is -2.14. The van der Waals surface area contributed by atoms with Crippen LogP contribution in [0.15, 0.2) is 30.3 Å². The Morgan fingerprint density at radius 2 is 1.80 bits per heavy atom. The summed E-state index contributed by atoms with van der Waals surface area (Å²) < 4.78 is 0. The number of amides is 2. The molecule has 4 nitrogen and oxygen atoms in total. The lowest BCUT2D eigenvalue weighted by molar-refractivity contribution is 0.116. The quantitative estimate of drug-likeness (QED) is 0.639. The molecule has 0 fully saturated rings. The van der Waals surface area contributed by atoms with Crippen molar-refractivity contribution in [1.82, 2.24) is 10.6 Å². The second-order valence-corrected chi connectivity index (χ2v) is 5.37. The van der Waals surface area contributed by atoms with Gasteiger partial charge in [-0.05, 0) is 30.7 Å². The number of carbonyl (C=O) groups is 1.